The molecule has 2 aromatic rings. The molecular weight excluding hydrogens is 298 g/mol. The van der Waals surface area contributed by atoms with Crippen LogP contribution in [0, 0.1) is 6.92 Å². The van der Waals surface area contributed by atoms with Gasteiger partial charge in [-0.2, -0.15) is 0 Å². The van der Waals surface area contributed by atoms with E-state index >= 15 is 0 Å². The molecule has 23 heavy (non-hydrogen) atoms. The van der Waals surface area contributed by atoms with Gasteiger partial charge in [0.15, 0.2) is 0 Å². The van der Waals surface area contributed by atoms with Crippen LogP contribution in [0.5, 0.6) is 0 Å². The van der Waals surface area contributed by atoms with Crippen molar-refractivity contribution in [3.63, 3.8) is 0 Å². The van der Waals surface area contributed by atoms with Crippen LogP contribution in [-0.4, -0.2) is 33.7 Å². The predicted octanol–water partition coefficient (Wildman–Crippen LogP) is 2.64. The van der Waals surface area contributed by atoms with Gasteiger partial charge < -0.3 is 14.9 Å². The summed E-state index contributed by atoms with van der Waals surface area (Å²) < 4.78 is 5.19. The number of aliphatic carboxylic acids is 1. The van der Waals surface area contributed by atoms with Crippen LogP contribution in [-0.2, 0) is 4.79 Å². The van der Waals surface area contributed by atoms with Gasteiger partial charge >= 0.3 is 5.97 Å². The van der Waals surface area contributed by atoms with Crippen molar-refractivity contribution in [1.82, 2.24) is 15.5 Å². The summed E-state index contributed by atoms with van der Waals surface area (Å²) in [7, 11) is 0. The second kappa shape index (κ2) is 7.21. The molecule has 0 bridgehead atoms. The lowest BCUT2D eigenvalue weighted by atomic mass is 10.0. The summed E-state index contributed by atoms with van der Waals surface area (Å²) in [5.41, 5.74) is 2.25. The van der Waals surface area contributed by atoms with E-state index in [1.165, 1.54) is 0 Å². The first kappa shape index (κ1) is 16.9. The molecule has 124 valence electrons. The number of carbonyl (C=O) groups excluding carboxylic acids is 1. The molecule has 0 aliphatic heterocycles. The van der Waals surface area contributed by atoms with Crippen molar-refractivity contribution in [2.24, 2.45) is 0 Å². The number of carboxylic acids is 1. The van der Waals surface area contributed by atoms with Gasteiger partial charge in [-0.05, 0) is 31.7 Å². The molecule has 0 unspecified atom stereocenters. The van der Waals surface area contributed by atoms with Crippen LogP contribution in [0.4, 0.5) is 0 Å². The van der Waals surface area contributed by atoms with Crippen molar-refractivity contribution < 1.29 is 19.2 Å². The fourth-order valence-corrected chi connectivity index (χ4v) is 2.29. The summed E-state index contributed by atoms with van der Waals surface area (Å²) in [5.74, 6) is -0.887. The Morgan fingerprint density at radius 2 is 2.09 bits per heavy atom. The zero-order valence-electron chi connectivity index (χ0n) is 13.5. The number of aryl methyl sites for hydroxylation is 1. The van der Waals surface area contributed by atoms with Crippen molar-refractivity contribution in [3.05, 3.63) is 23.0 Å². The first-order chi connectivity index (χ1) is 10.9. The number of nitrogens with zero attached hydrogens (tertiary/aromatic N) is 2. The standard InChI is InChI=1S/C16H21N3O4/c1-9(2)12-8-11(14-10(3)19-23-16(14)18-12)15(22)17-7-5-4-6-13(20)21/h8-9H,4-7H2,1-3H3,(H,17,22)(H,20,21). The summed E-state index contributed by atoms with van der Waals surface area (Å²) in [4.78, 5) is 27.3. The Morgan fingerprint density at radius 3 is 2.74 bits per heavy atom. The summed E-state index contributed by atoms with van der Waals surface area (Å²) >= 11 is 0. The molecule has 0 aliphatic carbocycles. The van der Waals surface area contributed by atoms with Gasteiger partial charge in [0.2, 0.25) is 0 Å². The Labute approximate surface area is 134 Å². The molecule has 0 spiro atoms. The third kappa shape index (κ3) is 4.06. The number of amides is 1. The molecule has 0 aromatic carbocycles. The normalized spacial score (nSPS) is 11.1. The van der Waals surface area contributed by atoms with E-state index in [4.69, 9.17) is 9.63 Å². The fourth-order valence-electron chi connectivity index (χ4n) is 2.29. The average Bonchev–Trinajstić information content (AvgIpc) is 2.87. The Balaban J connectivity index is 2.15. The lowest BCUT2D eigenvalue weighted by Crippen LogP contribution is -2.25. The number of fused-ring (bicyclic) bond motifs is 1. The minimum atomic E-state index is -0.825. The van der Waals surface area contributed by atoms with E-state index in [-0.39, 0.29) is 18.2 Å². The Kier molecular flexibility index (Phi) is 5.31. The van der Waals surface area contributed by atoms with Crippen LogP contribution in [0.25, 0.3) is 11.1 Å². The van der Waals surface area contributed by atoms with Gasteiger partial charge in [0.05, 0.1) is 16.6 Å². The lowest BCUT2D eigenvalue weighted by Gasteiger charge is -2.09. The van der Waals surface area contributed by atoms with Crippen LogP contribution >= 0.6 is 0 Å². The molecule has 2 rings (SSSR count). The van der Waals surface area contributed by atoms with Gasteiger partial charge in [0, 0.05) is 18.7 Å². The zero-order chi connectivity index (χ0) is 17.0. The van der Waals surface area contributed by atoms with Crippen molar-refractivity contribution >= 4 is 23.0 Å². The molecule has 2 aromatic heterocycles. The maximum Gasteiger partial charge on any atom is 0.303 e. The molecule has 0 fully saturated rings. The van der Waals surface area contributed by atoms with E-state index in [9.17, 15) is 9.59 Å². The highest BCUT2D eigenvalue weighted by Gasteiger charge is 2.19. The van der Waals surface area contributed by atoms with E-state index in [0.29, 0.717) is 41.7 Å². The molecule has 0 saturated heterocycles. The van der Waals surface area contributed by atoms with E-state index < -0.39 is 5.97 Å². The van der Waals surface area contributed by atoms with E-state index in [0.717, 1.165) is 5.69 Å². The molecule has 0 atom stereocenters. The number of carboxylic acid groups (broad SMARTS) is 1. The topological polar surface area (TPSA) is 105 Å². The highest BCUT2D eigenvalue weighted by molar-refractivity contribution is 6.06. The number of unbranched alkanes of at least 4 members (excludes halogenated alkanes) is 1. The molecule has 2 N–H and O–H groups in total. The Morgan fingerprint density at radius 1 is 1.35 bits per heavy atom. The summed E-state index contributed by atoms with van der Waals surface area (Å²) in [5, 5.41) is 15.9. The van der Waals surface area contributed by atoms with Crippen LogP contribution < -0.4 is 5.32 Å². The smallest absolute Gasteiger partial charge is 0.303 e. The fraction of sp³-hybridized carbons (Fsp3) is 0.500. The first-order valence-corrected chi connectivity index (χ1v) is 7.67. The minimum Gasteiger partial charge on any atom is -0.481 e. The van der Waals surface area contributed by atoms with Gasteiger partial charge in [0.1, 0.15) is 0 Å². The minimum absolute atomic E-state index is 0.109. The maximum absolute atomic E-state index is 12.5. The van der Waals surface area contributed by atoms with Gasteiger partial charge in [-0.25, -0.2) is 4.98 Å². The second-order valence-corrected chi connectivity index (χ2v) is 5.80. The van der Waals surface area contributed by atoms with Crippen LogP contribution in [0.1, 0.15) is 60.8 Å². The summed E-state index contributed by atoms with van der Waals surface area (Å²) in [6.45, 7) is 6.18. The second-order valence-electron chi connectivity index (χ2n) is 5.80. The van der Waals surface area contributed by atoms with E-state index in [1.54, 1.807) is 13.0 Å². The molecule has 7 heteroatoms. The van der Waals surface area contributed by atoms with E-state index in [2.05, 4.69) is 15.5 Å². The molecule has 0 radical (unpaired) electrons. The van der Waals surface area contributed by atoms with Crippen LogP contribution in [0.15, 0.2) is 10.6 Å². The number of pyridine rings is 1. The number of hydrogen-bond acceptors (Lipinski definition) is 5. The first-order valence-electron chi connectivity index (χ1n) is 7.67. The Bertz CT molecular complexity index is 721. The van der Waals surface area contributed by atoms with E-state index in [1.807, 2.05) is 13.8 Å². The lowest BCUT2D eigenvalue weighted by molar-refractivity contribution is -0.137. The van der Waals surface area contributed by atoms with Crippen LogP contribution in [0.3, 0.4) is 0 Å². The SMILES string of the molecule is Cc1noc2nc(C(C)C)cc(C(=O)NCCCCC(=O)O)c12. The summed E-state index contributed by atoms with van der Waals surface area (Å²) in [6, 6.07) is 1.77. The number of hydrogen-bond donors (Lipinski definition) is 2. The zero-order valence-corrected chi connectivity index (χ0v) is 13.5. The molecule has 0 aliphatic rings. The number of rotatable bonds is 7. The molecule has 1 amide bonds. The van der Waals surface area contributed by atoms with Crippen molar-refractivity contribution in [2.45, 2.75) is 46.0 Å². The van der Waals surface area contributed by atoms with Crippen molar-refractivity contribution in [3.8, 4) is 0 Å². The molecule has 0 saturated carbocycles. The highest BCUT2D eigenvalue weighted by Crippen LogP contribution is 2.24. The number of nitrogens with one attached hydrogen (secondary N) is 1. The maximum atomic E-state index is 12.5. The number of carbonyl (C=O) groups is 2. The predicted molar refractivity (Wildman–Crippen MR) is 84.5 cm³/mol. The molecule has 7 nitrogen and oxygen atoms in total. The average molecular weight is 319 g/mol. The largest absolute Gasteiger partial charge is 0.481 e. The monoisotopic (exact) mass is 319 g/mol. The molecule has 2 heterocycles. The van der Waals surface area contributed by atoms with Gasteiger partial charge in [-0.1, -0.05) is 19.0 Å². The van der Waals surface area contributed by atoms with Crippen molar-refractivity contribution in [1.29, 1.82) is 0 Å². The Hall–Kier alpha value is -2.44. The van der Waals surface area contributed by atoms with Gasteiger partial charge in [-0.15, -0.1) is 0 Å². The quantitative estimate of drug-likeness (QED) is 0.760. The van der Waals surface area contributed by atoms with Gasteiger partial charge in [0.25, 0.3) is 11.6 Å². The summed E-state index contributed by atoms with van der Waals surface area (Å²) in [6.07, 6.45) is 1.26. The third-order valence-corrected chi connectivity index (χ3v) is 3.58. The molecular formula is C16H21N3O4. The van der Waals surface area contributed by atoms with Crippen LogP contribution in [0.2, 0.25) is 0 Å². The van der Waals surface area contributed by atoms with Gasteiger partial charge in [-0.3, -0.25) is 9.59 Å². The number of aromatic nitrogens is 2. The van der Waals surface area contributed by atoms with Crippen molar-refractivity contribution in [2.75, 3.05) is 6.54 Å². The highest BCUT2D eigenvalue weighted by atomic mass is 16.5. The third-order valence-electron chi connectivity index (χ3n) is 3.58.